The van der Waals surface area contributed by atoms with Crippen molar-refractivity contribution in [3.8, 4) is 0 Å². The van der Waals surface area contributed by atoms with Gasteiger partial charge in [0.05, 0.1) is 15.9 Å². The van der Waals surface area contributed by atoms with Crippen LogP contribution in [0.2, 0.25) is 0 Å². The predicted molar refractivity (Wildman–Crippen MR) is 76.4 cm³/mol. The highest BCUT2D eigenvalue weighted by molar-refractivity contribution is 9.10. The Kier molecular flexibility index (Phi) is 6.20. The van der Waals surface area contributed by atoms with E-state index in [1.807, 2.05) is 11.7 Å². The van der Waals surface area contributed by atoms with Crippen LogP contribution in [0.4, 0.5) is 0 Å². The van der Waals surface area contributed by atoms with Crippen LogP contribution in [-0.4, -0.2) is 22.4 Å². The number of hydrogen-bond donors (Lipinski definition) is 1. The maximum atomic E-state index is 4.51. The van der Waals surface area contributed by atoms with Gasteiger partial charge in [0.2, 0.25) is 0 Å². The molecule has 1 heterocycles. The van der Waals surface area contributed by atoms with Crippen LogP contribution < -0.4 is 5.32 Å². The largest absolute Gasteiger partial charge is 0.315 e. The van der Waals surface area contributed by atoms with E-state index in [1.54, 1.807) is 0 Å². The summed E-state index contributed by atoms with van der Waals surface area (Å²) in [6.45, 7) is 7.62. The summed E-state index contributed by atoms with van der Waals surface area (Å²) in [6.07, 6.45) is 4.52. The van der Waals surface area contributed by atoms with E-state index in [1.165, 1.54) is 28.7 Å². The Morgan fingerprint density at radius 1 is 1.35 bits per heavy atom. The molecule has 0 fully saturated rings. The van der Waals surface area contributed by atoms with Crippen LogP contribution in [-0.2, 0) is 19.9 Å². The van der Waals surface area contributed by atoms with Gasteiger partial charge in [-0.15, -0.1) is 0 Å². The first-order valence-corrected chi connectivity index (χ1v) is 7.29. The summed E-state index contributed by atoms with van der Waals surface area (Å²) in [5.74, 6) is 0. The normalized spacial score (nSPS) is 11.4. The molecule has 1 aromatic heterocycles. The smallest absolute Gasteiger partial charge is 0.0766 e. The molecule has 3 nitrogen and oxygen atoms in total. The Morgan fingerprint density at radius 2 is 2.06 bits per heavy atom. The number of nitrogens with zero attached hydrogens (tertiary/aromatic N) is 2. The summed E-state index contributed by atoms with van der Waals surface area (Å²) in [7, 11) is 2.03. The Bertz CT molecular complexity index is 345. The number of nitrogens with one attached hydrogen (secondary N) is 1. The van der Waals surface area contributed by atoms with Crippen molar-refractivity contribution in [1.82, 2.24) is 15.1 Å². The first-order chi connectivity index (χ1) is 8.06. The molecular formula is C13H24BrN3. The summed E-state index contributed by atoms with van der Waals surface area (Å²) in [4.78, 5) is 0. The van der Waals surface area contributed by atoms with Crippen molar-refractivity contribution in [3.05, 3.63) is 15.9 Å². The SMILES string of the molecule is CCc1nn(C)c(CCCCNC(C)C)c1Br. The van der Waals surface area contributed by atoms with Gasteiger partial charge in [0.15, 0.2) is 0 Å². The van der Waals surface area contributed by atoms with Gasteiger partial charge in [0.1, 0.15) is 0 Å². The highest BCUT2D eigenvalue weighted by atomic mass is 79.9. The van der Waals surface area contributed by atoms with E-state index in [0.717, 1.165) is 19.4 Å². The molecule has 0 atom stereocenters. The highest BCUT2D eigenvalue weighted by Crippen LogP contribution is 2.22. The monoisotopic (exact) mass is 301 g/mol. The van der Waals surface area contributed by atoms with Gasteiger partial charge in [-0.25, -0.2) is 0 Å². The number of halogens is 1. The van der Waals surface area contributed by atoms with E-state index in [4.69, 9.17) is 0 Å². The van der Waals surface area contributed by atoms with Crippen LogP contribution in [0.25, 0.3) is 0 Å². The van der Waals surface area contributed by atoms with Gasteiger partial charge in [-0.1, -0.05) is 20.8 Å². The zero-order chi connectivity index (χ0) is 12.8. The molecule has 0 bridgehead atoms. The fourth-order valence-electron chi connectivity index (χ4n) is 1.90. The van der Waals surface area contributed by atoms with Crippen LogP contribution in [0, 0.1) is 0 Å². The zero-order valence-corrected chi connectivity index (χ0v) is 13.0. The summed E-state index contributed by atoms with van der Waals surface area (Å²) >= 11 is 3.66. The van der Waals surface area contributed by atoms with Crippen molar-refractivity contribution in [3.63, 3.8) is 0 Å². The molecule has 0 aromatic carbocycles. The number of hydrogen-bond acceptors (Lipinski definition) is 2. The van der Waals surface area contributed by atoms with Crippen molar-refractivity contribution in [2.45, 2.75) is 52.5 Å². The van der Waals surface area contributed by atoms with Gasteiger partial charge < -0.3 is 5.32 Å². The van der Waals surface area contributed by atoms with Crippen LogP contribution in [0.1, 0.15) is 45.0 Å². The molecule has 0 radical (unpaired) electrons. The fourth-order valence-corrected chi connectivity index (χ4v) is 2.71. The van der Waals surface area contributed by atoms with Gasteiger partial charge in [-0.05, 0) is 48.2 Å². The number of rotatable bonds is 7. The van der Waals surface area contributed by atoms with Gasteiger partial charge in [-0.2, -0.15) is 5.10 Å². The second-order valence-corrected chi connectivity index (χ2v) is 5.54. The minimum atomic E-state index is 0.588. The fraction of sp³-hybridized carbons (Fsp3) is 0.769. The molecule has 1 rings (SSSR count). The van der Waals surface area contributed by atoms with Gasteiger partial charge >= 0.3 is 0 Å². The van der Waals surface area contributed by atoms with Crippen molar-refractivity contribution in [1.29, 1.82) is 0 Å². The van der Waals surface area contributed by atoms with E-state index in [9.17, 15) is 0 Å². The Hall–Kier alpha value is -0.350. The minimum Gasteiger partial charge on any atom is -0.315 e. The molecule has 0 aliphatic carbocycles. The molecule has 1 aromatic rings. The van der Waals surface area contributed by atoms with Crippen LogP contribution in [0.15, 0.2) is 4.47 Å². The maximum Gasteiger partial charge on any atom is 0.0766 e. The van der Waals surface area contributed by atoms with Gasteiger partial charge in [-0.3, -0.25) is 4.68 Å². The molecule has 4 heteroatoms. The van der Waals surface area contributed by atoms with Crippen LogP contribution >= 0.6 is 15.9 Å². The molecule has 0 aliphatic rings. The lowest BCUT2D eigenvalue weighted by Crippen LogP contribution is -2.23. The topological polar surface area (TPSA) is 29.9 Å². The molecule has 98 valence electrons. The first kappa shape index (κ1) is 14.7. The van der Waals surface area contributed by atoms with E-state index in [-0.39, 0.29) is 0 Å². The molecule has 0 aliphatic heterocycles. The average Bonchev–Trinajstić information content (AvgIpc) is 2.54. The van der Waals surface area contributed by atoms with E-state index >= 15 is 0 Å². The molecule has 0 spiro atoms. The first-order valence-electron chi connectivity index (χ1n) is 6.49. The number of aromatic nitrogens is 2. The zero-order valence-electron chi connectivity index (χ0n) is 11.4. The van der Waals surface area contributed by atoms with E-state index in [0.29, 0.717) is 6.04 Å². The second kappa shape index (κ2) is 7.17. The summed E-state index contributed by atoms with van der Waals surface area (Å²) < 4.78 is 3.22. The third-order valence-corrected chi connectivity index (χ3v) is 3.81. The van der Waals surface area contributed by atoms with E-state index < -0.39 is 0 Å². The standard InChI is InChI=1S/C13H24BrN3/c1-5-11-13(14)12(17(4)16-11)8-6-7-9-15-10(2)3/h10,15H,5-9H2,1-4H3. The van der Waals surface area contributed by atoms with Gasteiger partial charge in [0, 0.05) is 13.1 Å². The molecular weight excluding hydrogens is 278 g/mol. The minimum absolute atomic E-state index is 0.588. The summed E-state index contributed by atoms with van der Waals surface area (Å²) in [5.41, 5.74) is 2.49. The molecule has 0 saturated heterocycles. The molecule has 0 amide bonds. The van der Waals surface area contributed by atoms with Gasteiger partial charge in [0.25, 0.3) is 0 Å². The molecule has 0 saturated carbocycles. The average molecular weight is 302 g/mol. The number of unbranched alkanes of at least 4 members (excludes halogenated alkanes) is 1. The summed E-state index contributed by atoms with van der Waals surface area (Å²) in [5, 5.41) is 7.95. The van der Waals surface area contributed by atoms with Crippen molar-refractivity contribution >= 4 is 15.9 Å². The Morgan fingerprint density at radius 3 is 2.59 bits per heavy atom. The Balaban J connectivity index is 2.39. The lowest BCUT2D eigenvalue weighted by atomic mass is 10.1. The molecule has 0 unspecified atom stereocenters. The summed E-state index contributed by atoms with van der Waals surface area (Å²) in [6, 6.07) is 0.588. The third-order valence-electron chi connectivity index (χ3n) is 2.90. The van der Waals surface area contributed by atoms with Crippen molar-refractivity contribution in [2.24, 2.45) is 7.05 Å². The van der Waals surface area contributed by atoms with Crippen LogP contribution in [0.5, 0.6) is 0 Å². The Labute approximate surface area is 113 Å². The molecule has 1 N–H and O–H groups in total. The quantitative estimate of drug-likeness (QED) is 0.785. The predicted octanol–water partition coefficient (Wildman–Crippen LogP) is 3.07. The highest BCUT2D eigenvalue weighted by Gasteiger charge is 2.11. The van der Waals surface area contributed by atoms with Crippen molar-refractivity contribution in [2.75, 3.05) is 6.54 Å². The lowest BCUT2D eigenvalue weighted by Gasteiger charge is -2.07. The maximum absolute atomic E-state index is 4.51. The lowest BCUT2D eigenvalue weighted by molar-refractivity contribution is 0.551. The van der Waals surface area contributed by atoms with E-state index in [2.05, 4.69) is 47.1 Å². The third kappa shape index (κ3) is 4.43. The van der Waals surface area contributed by atoms with Crippen LogP contribution in [0.3, 0.4) is 0 Å². The number of aryl methyl sites for hydroxylation is 2. The molecule has 17 heavy (non-hydrogen) atoms. The van der Waals surface area contributed by atoms with Crippen molar-refractivity contribution < 1.29 is 0 Å². The second-order valence-electron chi connectivity index (χ2n) is 4.75.